The van der Waals surface area contributed by atoms with E-state index in [9.17, 15) is 35.1 Å². The number of ketones is 1. The van der Waals surface area contributed by atoms with Gasteiger partial charge >= 0.3 is 5.97 Å². The molecule has 8 nitrogen and oxygen atoms in total. The van der Waals surface area contributed by atoms with Crippen molar-refractivity contribution in [2.24, 2.45) is 35.0 Å². The predicted octanol–water partition coefficient (Wildman–Crippen LogP) is 1.94. The topological polar surface area (TPSA) is 145 Å². The van der Waals surface area contributed by atoms with Crippen LogP contribution >= 0.6 is 0 Å². The maximum absolute atomic E-state index is 13.2. The number of fused-ring (bicyclic) bond motifs is 1. The number of allylic oxidation sites excluding steroid dienone is 4. The van der Waals surface area contributed by atoms with Crippen molar-refractivity contribution in [1.29, 1.82) is 0 Å². The van der Waals surface area contributed by atoms with Gasteiger partial charge in [0.05, 0.1) is 24.2 Å². The van der Waals surface area contributed by atoms with Crippen LogP contribution in [0.1, 0.15) is 53.9 Å². The highest BCUT2D eigenvalue weighted by molar-refractivity contribution is 5.86. The van der Waals surface area contributed by atoms with Crippen molar-refractivity contribution in [3.8, 4) is 0 Å². The van der Waals surface area contributed by atoms with Gasteiger partial charge in [0, 0.05) is 31.0 Å². The molecule has 2 rings (SSSR count). The zero-order valence-corrected chi connectivity index (χ0v) is 22.1. The predicted molar refractivity (Wildman–Crippen MR) is 136 cm³/mol. The first-order chi connectivity index (χ1) is 16.9. The number of Topliss-reactive ketones (excluding diaryl/α,β-unsaturated/α-hetero) is 1. The van der Waals surface area contributed by atoms with Gasteiger partial charge in [-0.05, 0) is 56.9 Å². The summed E-state index contributed by atoms with van der Waals surface area (Å²) in [5, 5.41) is 49.1. The molecule has 36 heavy (non-hydrogen) atoms. The van der Waals surface area contributed by atoms with Gasteiger partial charge in [0.15, 0.2) is 0 Å². The number of carbonyl (C=O) groups is 2. The molecule has 0 aliphatic heterocycles. The monoisotopic (exact) mass is 508 g/mol. The first kappa shape index (κ1) is 30.4. The summed E-state index contributed by atoms with van der Waals surface area (Å²) in [7, 11) is 0. The lowest BCUT2D eigenvalue weighted by molar-refractivity contribution is -0.175. The molecule has 0 aromatic carbocycles. The summed E-state index contributed by atoms with van der Waals surface area (Å²) >= 11 is 0. The van der Waals surface area contributed by atoms with Gasteiger partial charge in [0.25, 0.3) is 0 Å². The Morgan fingerprint density at radius 2 is 1.81 bits per heavy atom. The summed E-state index contributed by atoms with van der Waals surface area (Å²) in [6.07, 6.45) is 5.96. The number of aliphatic hydroxyl groups is 5. The first-order valence-electron chi connectivity index (χ1n) is 12.9. The van der Waals surface area contributed by atoms with Gasteiger partial charge in [0.2, 0.25) is 0 Å². The lowest BCUT2D eigenvalue weighted by atomic mass is 9.52. The molecule has 8 heteroatoms. The largest absolute Gasteiger partial charge is 0.462 e. The maximum Gasteiger partial charge on any atom is 0.311 e. The van der Waals surface area contributed by atoms with Gasteiger partial charge in [-0.3, -0.25) is 9.59 Å². The van der Waals surface area contributed by atoms with Crippen molar-refractivity contribution < 1.29 is 39.9 Å². The SMILES string of the molecule is C/C(=C\C=C\[C@H](O)[C@@H](C)O)[C@H](O)[C@H](C)C(=O)O[C@H]1C[C@H](CO)C[C@@H]2C=C[C@H](C)[C@](C)(C(=O)CCO)[C@@H]12. The quantitative estimate of drug-likeness (QED) is 0.162. The third-order valence-electron chi connectivity index (χ3n) is 8.26. The molecular formula is C28H44O8. The van der Waals surface area contributed by atoms with E-state index in [4.69, 9.17) is 4.74 Å². The van der Waals surface area contributed by atoms with Crippen molar-refractivity contribution in [3.05, 3.63) is 36.0 Å². The van der Waals surface area contributed by atoms with Crippen molar-refractivity contribution >= 4 is 11.8 Å². The molecule has 0 radical (unpaired) electrons. The normalized spacial score (nSPS) is 34.1. The van der Waals surface area contributed by atoms with Crippen LogP contribution in [0.5, 0.6) is 0 Å². The van der Waals surface area contributed by atoms with Gasteiger partial charge in [-0.15, -0.1) is 0 Å². The van der Waals surface area contributed by atoms with Crippen molar-refractivity contribution in [1.82, 2.24) is 0 Å². The summed E-state index contributed by atoms with van der Waals surface area (Å²) in [5.41, 5.74) is -0.346. The molecule has 2 aliphatic rings. The van der Waals surface area contributed by atoms with Gasteiger partial charge in [0.1, 0.15) is 11.9 Å². The number of rotatable bonds is 11. The number of ether oxygens (including phenoxy) is 1. The van der Waals surface area contributed by atoms with E-state index >= 15 is 0 Å². The van der Waals surface area contributed by atoms with E-state index in [2.05, 4.69) is 6.08 Å². The highest BCUT2D eigenvalue weighted by Gasteiger charge is 2.55. The molecule has 204 valence electrons. The summed E-state index contributed by atoms with van der Waals surface area (Å²) < 4.78 is 6.00. The summed E-state index contributed by atoms with van der Waals surface area (Å²) in [6, 6.07) is 0. The Labute approximate surface area is 214 Å². The molecule has 2 aliphatic carbocycles. The minimum atomic E-state index is -1.13. The Balaban J connectivity index is 2.25. The van der Waals surface area contributed by atoms with Crippen molar-refractivity contribution in [2.45, 2.75) is 78.3 Å². The standard InChI is InChI=1S/C28H44O8/c1-16(7-6-8-22(32)19(4)31)26(34)18(3)27(35)36-23-14-20(15-30)13-21-10-9-17(2)28(5,25(21)23)24(33)11-12-29/h6-10,17-23,25-26,29-32,34H,11-15H2,1-5H3/b8-6+,16-7+/t17-,18-,19+,20+,21-,22-,23-,25+,26-,28+/m0/s1. The molecule has 0 heterocycles. The Morgan fingerprint density at radius 1 is 1.14 bits per heavy atom. The minimum absolute atomic E-state index is 0.0262. The molecular weight excluding hydrogens is 464 g/mol. The van der Waals surface area contributed by atoms with E-state index in [0.29, 0.717) is 18.4 Å². The Morgan fingerprint density at radius 3 is 2.39 bits per heavy atom. The molecule has 5 N–H and O–H groups in total. The highest BCUT2D eigenvalue weighted by Crippen LogP contribution is 2.53. The molecule has 0 spiro atoms. The number of hydrogen-bond acceptors (Lipinski definition) is 8. The van der Waals surface area contributed by atoms with Gasteiger partial charge in [-0.1, -0.05) is 44.2 Å². The van der Waals surface area contributed by atoms with Crippen LogP contribution in [-0.4, -0.2) is 74.9 Å². The van der Waals surface area contributed by atoms with Crippen LogP contribution in [0.3, 0.4) is 0 Å². The second-order valence-electron chi connectivity index (χ2n) is 10.8. The zero-order chi connectivity index (χ0) is 27.2. The highest BCUT2D eigenvalue weighted by atomic mass is 16.5. The van der Waals surface area contributed by atoms with Crippen molar-refractivity contribution in [3.63, 3.8) is 0 Å². The smallest absolute Gasteiger partial charge is 0.311 e. The van der Waals surface area contributed by atoms with E-state index in [0.717, 1.165) is 0 Å². The zero-order valence-electron chi connectivity index (χ0n) is 22.1. The molecule has 10 atom stereocenters. The molecule has 0 aromatic heterocycles. The van der Waals surface area contributed by atoms with E-state index in [1.165, 1.54) is 19.1 Å². The Kier molecular flexibility index (Phi) is 11.1. The van der Waals surface area contributed by atoms with Crippen LogP contribution in [0.4, 0.5) is 0 Å². The van der Waals surface area contributed by atoms with Crippen LogP contribution in [0.25, 0.3) is 0 Å². The molecule has 0 aromatic rings. The molecule has 0 unspecified atom stereocenters. The second kappa shape index (κ2) is 13.1. The second-order valence-corrected chi connectivity index (χ2v) is 10.8. The number of hydrogen-bond donors (Lipinski definition) is 5. The number of esters is 1. The van der Waals surface area contributed by atoms with Crippen molar-refractivity contribution in [2.75, 3.05) is 13.2 Å². The molecule has 0 bridgehead atoms. The Bertz CT molecular complexity index is 846. The summed E-state index contributed by atoms with van der Waals surface area (Å²) in [6.45, 7) is 8.24. The third-order valence-corrected chi connectivity index (χ3v) is 8.26. The maximum atomic E-state index is 13.2. The van der Waals surface area contributed by atoms with Crippen LogP contribution in [-0.2, 0) is 14.3 Å². The van der Waals surface area contributed by atoms with Gasteiger partial charge in [-0.2, -0.15) is 0 Å². The van der Waals surface area contributed by atoms with E-state index < -0.39 is 41.7 Å². The average molecular weight is 509 g/mol. The summed E-state index contributed by atoms with van der Waals surface area (Å²) in [5.74, 6) is -2.09. The van der Waals surface area contributed by atoms with E-state index in [-0.39, 0.29) is 49.1 Å². The molecule has 1 saturated carbocycles. The fourth-order valence-electron chi connectivity index (χ4n) is 5.66. The van der Waals surface area contributed by atoms with Gasteiger partial charge in [-0.25, -0.2) is 0 Å². The Hall–Kier alpha value is -1.84. The fourth-order valence-corrected chi connectivity index (χ4v) is 5.66. The number of aliphatic hydroxyl groups excluding tert-OH is 5. The fraction of sp³-hybridized carbons (Fsp3) is 0.714. The minimum Gasteiger partial charge on any atom is -0.462 e. The average Bonchev–Trinajstić information content (AvgIpc) is 2.84. The lowest BCUT2D eigenvalue weighted by Gasteiger charge is -2.52. The van der Waals surface area contributed by atoms with E-state index in [1.807, 2.05) is 19.9 Å². The van der Waals surface area contributed by atoms with E-state index in [1.54, 1.807) is 19.9 Å². The van der Waals surface area contributed by atoms with Crippen LogP contribution in [0.2, 0.25) is 0 Å². The lowest BCUT2D eigenvalue weighted by Crippen LogP contribution is -2.55. The number of carbonyl (C=O) groups excluding carboxylic acids is 2. The molecule has 1 fully saturated rings. The summed E-state index contributed by atoms with van der Waals surface area (Å²) in [4.78, 5) is 26.4. The molecule has 0 saturated heterocycles. The van der Waals surface area contributed by atoms with Crippen LogP contribution in [0.15, 0.2) is 36.0 Å². The first-order valence-corrected chi connectivity index (χ1v) is 12.9. The third kappa shape index (κ3) is 6.72. The van der Waals surface area contributed by atoms with Crippen LogP contribution in [0, 0.1) is 35.0 Å². The molecule has 0 amide bonds. The van der Waals surface area contributed by atoms with Gasteiger partial charge < -0.3 is 30.3 Å². The van der Waals surface area contributed by atoms with Crippen LogP contribution < -0.4 is 0 Å².